The van der Waals surface area contributed by atoms with Crippen molar-refractivity contribution in [2.45, 2.75) is 69.7 Å². The summed E-state index contributed by atoms with van der Waals surface area (Å²) in [7, 11) is 0. The molecule has 3 nitrogen and oxygen atoms in total. The van der Waals surface area contributed by atoms with Gasteiger partial charge in [0, 0.05) is 37.8 Å². The standard InChI is InChI=1S/C14H26N2O/c1-2-14-9-11(6-8-17-14)15-12-5-7-16(10-12)13-3-4-13/h11-15H,2-10H2,1H3. The number of nitrogens with zero attached hydrogens (tertiary/aromatic N) is 1. The van der Waals surface area contributed by atoms with Crippen molar-refractivity contribution >= 4 is 0 Å². The van der Waals surface area contributed by atoms with E-state index < -0.39 is 0 Å². The highest BCUT2D eigenvalue weighted by Gasteiger charge is 2.35. The van der Waals surface area contributed by atoms with Crippen LogP contribution in [0.15, 0.2) is 0 Å². The van der Waals surface area contributed by atoms with Crippen molar-refractivity contribution in [1.82, 2.24) is 10.2 Å². The van der Waals surface area contributed by atoms with Crippen molar-refractivity contribution < 1.29 is 4.74 Å². The molecule has 0 bridgehead atoms. The molecule has 0 aromatic heterocycles. The Kier molecular flexibility index (Phi) is 3.69. The van der Waals surface area contributed by atoms with Crippen LogP contribution in [0.25, 0.3) is 0 Å². The predicted molar refractivity (Wildman–Crippen MR) is 69.2 cm³/mol. The first-order chi connectivity index (χ1) is 8.35. The molecule has 1 N–H and O–H groups in total. The molecule has 0 amide bonds. The van der Waals surface area contributed by atoms with Gasteiger partial charge < -0.3 is 10.1 Å². The van der Waals surface area contributed by atoms with E-state index in [2.05, 4.69) is 17.1 Å². The van der Waals surface area contributed by atoms with Gasteiger partial charge in [-0.05, 0) is 38.5 Å². The molecule has 3 atom stereocenters. The van der Waals surface area contributed by atoms with Gasteiger partial charge in [-0.3, -0.25) is 4.90 Å². The molecule has 0 radical (unpaired) electrons. The van der Waals surface area contributed by atoms with E-state index in [1.54, 1.807) is 0 Å². The average Bonchev–Trinajstić information content (AvgIpc) is 3.11. The van der Waals surface area contributed by atoms with Crippen LogP contribution in [0, 0.1) is 0 Å². The number of hydrogen-bond acceptors (Lipinski definition) is 3. The van der Waals surface area contributed by atoms with Gasteiger partial charge in [0.15, 0.2) is 0 Å². The molecule has 2 heterocycles. The molecule has 2 saturated heterocycles. The quantitative estimate of drug-likeness (QED) is 0.808. The topological polar surface area (TPSA) is 24.5 Å². The van der Waals surface area contributed by atoms with E-state index >= 15 is 0 Å². The normalized spacial score (nSPS) is 39.7. The third-order valence-corrected chi connectivity index (χ3v) is 4.58. The van der Waals surface area contributed by atoms with Crippen LogP contribution in [-0.2, 0) is 4.74 Å². The maximum absolute atomic E-state index is 5.74. The minimum Gasteiger partial charge on any atom is -0.378 e. The minimum absolute atomic E-state index is 0.502. The van der Waals surface area contributed by atoms with Crippen molar-refractivity contribution in [1.29, 1.82) is 0 Å². The molecule has 3 rings (SSSR count). The minimum atomic E-state index is 0.502. The van der Waals surface area contributed by atoms with Crippen LogP contribution in [0.5, 0.6) is 0 Å². The van der Waals surface area contributed by atoms with Gasteiger partial charge in [-0.25, -0.2) is 0 Å². The highest BCUT2D eigenvalue weighted by Crippen LogP contribution is 2.30. The molecular weight excluding hydrogens is 212 g/mol. The first-order valence-electron chi connectivity index (χ1n) is 7.47. The summed E-state index contributed by atoms with van der Waals surface area (Å²) in [6.45, 7) is 5.80. The molecule has 3 aliphatic rings. The van der Waals surface area contributed by atoms with E-state index in [0.29, 0.717) is 12.1 Å². The Hall–Kier alpha value is -0.120. The molecule has 1 aliphatic carbocycles. The van der Waals surface area contributed by atoms with Crippen LogP contribution in [0.3, 0.4) is 0 Å². The third kappa shape index (κ3) is 3.01. The molecule has 2 aliphatic heterocycles. The molecule has 3 unspecified atom stereocenters. The van der Waals surface area contributed by atoms with E-state index in [-0.39, 0.29) is 0 Å². The highest BCUT2D eigenvalue weighted by atomic mass is 16.5. The Morgan fingerprint density at radius 3 is 2.82 bits per heavy atom. The summed E-state index contributed by atoms with van der Waals surface area (Å²) in [6.07, 6.45) is 8.33. The van der Waals surface area contributed by atoms with Gasteiger partial charge in [0.25, 0.3) is 0 Å². The zero-order valence-electron chi connectivity index (χ0n) is 11.0. The Morgan fingerprint density at radius 1 is 1.18 bits per heavy atom. The maximum Gasteiger partial charge on any atom is 0.0587 e. The van der Waals surface area contributed by atoms with Gasteiger partial charge in [0.2, 0.25) is 0 Å². The average molecular weight is 238 g/mol. The number of rotatable bonds is 4. The fourth-order valence-corrected chi connectivity index (χ4v) is 3.34. The van der Waals surface area contributed by atoms with Crippen LogP contribution in [-0.4, -0.2) is 48.8 Å². The van der Waals surface area contributed by atoms with Crippen molar-refractivity contribution in [3.05, 3.63) is 0 Å². The second-order valence-electron chi connectivity index (χ2n) is 6.00. The van der Waals surface area contributed by atoms with Crippen LogP contribution in [0.1, 0.15) is 45.4 Å². The number of ether oxygens (including phenoxy) is 1. The third-order valence-electron chi connectivity index (χ3n) is 4.58. The van der Waals surface area contributed by atoms with E-state index in [1.807, 2.05) is 0 Å². The SMILES string of the molecule is CCC1CC(NC2CCN(C3CC3)C2)CCO1. The van der Waals surface area contributed by atoms with E-state index in [9.17, 15) is 0 Å². The Bertz CT molecular complexity index is 255. The largest absolute Gasteiger partial charge is 0.378 e. The van der Waals surface area contributed by atoms with E-state index in [1.165, 1.54) is 45.2 Å². The Labute approximate surface area is 105 Å². The molecule has 3 heteroatoms. The van der Waals surface area contributed by atoms with Crippen LogP contribution in [0.2, 0.25) is 0 Å². The summed E-state index contributed by atoms with van der Waals surface area (Å²) in [6, 6.07) is 2.40. The fourth-order valence-electron chi connectivity index (χ4n) is 3.34. The second-order valence-corrected chi connectivity index (χ2v) is 6.00. The van der Waals surface area contributed by atoms with E-state index in [4.69, 9.17) is 4.74 Å². The lowest BCUT2D eigenvalue weighted by molar-refractivity contribution is -0.00176. The lowest BCUT2D eigenvalue weighted by Crippen LogP contribution is -2.45. The van der Waals surface area contributed by atoms with Crippen LogP contribution in [0.4, 0.5) is 0 Å². The summed E-state index contributed by atoms with van der Waals surface area (Å²) in [5, 5.41) is 3.87. The molecule has 0 aromatic carbocycles. The first kappa shape index (κ1) is 11.9. The van der Waals surface area contributed by atoms with Crippen molar-refractivity contribution in [2.75, 3.05) is 19.7 Å². The zero-order valence-corrected chi connectivity index (χ0v) is 11.0. The van der Waals surface area contributed by atoms with Gasteiger partial charge in [-0.2, -0.15) is 0 Å². The number of nitrogens with one attached hydrogen (secondary N) is 1. The number of likely N-dealkylation sites (tertiary alicyclic amines) is 1. The predicted octanol–water partition coefficient (Wildman–Crippen LogP) is 1.77. The van der Waals surface area contributed by atoms with Crippen molar-refractivity contribution in [2.24, 2.45) is 0 Å². The molecule has 0 aromatic rings. The van der Waals surface area contributed by atoms with Gasteiger partial charge in [0.1, 0.15) is 0 Å². The van der Waals surface area contributed by atoms with Crippen molar-refractivity contribution in [3.63, 3.8) is 0 Å². The summed E-state index contributed by atoms with van der Waals surface area (Å²) in [4.78, 5) is 2.69. The van der Waals surface area contributed by atoms with Gasteiger partial charge in [-0.1, -0.05) is 6.92 Å². The Morgan fingerprint density at radius 2 is 2.06 bits per heavy atom. The Balaban J connectivity index is 1.43. The molecule has 3 fully saturated rings. The lowest BCUT2D eigenvalue weighted by Gasteiger charge is -2.31. The van der Waals surface area contributed by atoms with Gasteiger partial charge in [0.05, 0.1) is 6.10 Å². The highest BCUT2D eigenvalue weighted by molar-refractivity contribution is 4.93. The fraction of sp³-hybridized carbons (Fsp3) is 1.00. The number of hydrogen-bond donors (Lipinski definition) is 1. The first-order valence-corrected chi connectivity index (χ1v) is 7.47. The molecular formula is C14H26N2O. The molecule has 17 heavy (non-hydrogen) atoms. The maximum atomic E-state index is 5.74. The zero-order chi connectivity index (χ0) is 11.7. The monoisotopic (exact) mass is 238 g/mol. The molecule has 98 valence electrons. The lowest BCUT2D eigenvalue weighted by atomic mass is 10.0. The second kappa shape index (κ2) is 5.25. The van der Waals surface area contributed by atoms with Crippen molar-refractivity contribution in [3.8, 4) is 0 Å². The summed E-state index contributed by atoms with van der Waals surface area (Å²) >= 11 is 0. The van der Waals surface area contributed by atoms with Gasteiger partial charge >= 0.3 is 0 Å². The molecule has 1 saturated carbocycles. The molecule has 0 spiro atoms. The summed E-state index contributed by atoms with van der Waals surface area (Å²) in [5.41, 5.74) is 0. The van der Waals surface area contributed by atoms with Gasteiger partial charge in [-0.15, -0.1) is 0 Å². The summed E-state index contributed by atoms with van der Waals surface area (Å²) < 4.78 is 5.74. The summed E-state index contributed by atoms with van der Waals surface area (Å²) in [5.74, 6) is 0. The van der Waals surface area contributed by atoms with Crippen LogP contribution < -0.4 is 5.32 Å². The van der Waals surface area contributed by atoms with Crippen LogP contribution >= 0.6 is 0 Å². The van der Waals surface area contributed by atoms with E-state index in [0.717, 1.165) is 25.1 Å². The smallest absolute Gasteiger partial charge is 0.0587 e.